The summed E-state index contributed by atoms with van der Waals surface area (Å²) in [5, 5.41) is 67.7. The number of rotatable bonds is 38. The minimum absolute atomic E-state index is 0. The van der Waals surface area contributed by atoms with Crippen molar-refractivity contribution in [2.45, 2.75) is 343 Å². The summed E-state index contributed by atoms with van der Waals surface area (Å²) in [5.74, 6) is 2.24. The van der Waals surface area contributed by atoms with Crippen molar-refractivity contribution in [1.82, 2.24) is 21.3 Å². The van der Waals surface area contributed by atoms with Crippen LogP contribution >= 0.6 is 46.4 Å². The number of carbonyl (C=O) groups excluding carboxylic acids is 4. The monoisotopic (exact) mass is 1910 g/mol. The molecule has 8 saturated carbocycles. The highest BCUT2D eigenvalue weighted by Gasteiger charge is 2.64. The Bertz CT molecular complexity index is 4630. The number of amides is 4. The van der Waals surface area contributed by atoms with Gasteiger partial charge in [-0.1, -0.05) is 247 Å². The van der Waals surface area contributed by atoms with Crippen molar-refractivity contribution in [3.8, 4) is 0 Å². The maximum Gasteiger partial charge on any atom is 0.254 e. The van der Waals surface area contributed by atoms with Crippen LogP contribution in [0.1, 0.15) is 288 Å². The second-order valence-corrected chi connectivity index (χ2v) is 42.6. The molecule has 0 saturated heterocycles. The quantitative estimate of drug-likeness (QED) is 0.00875. The van der Waals surface area contributed by atoms with Gasteiger partial charge in [-0.15, -0.1) is 0 Å². The van der Waals surface area contributed by atoms with E-state index in [9.17, 15) is 19.2 Å². The molecule has 0 heterocycles. The lowest BCUT2D eigenvalue weighted by Gasteiger charge is -2.43. The van der Waals surface area contributed by atoms with Gasteiger partial charge in [-0.05, 0) is 253 Å². The molecule has 12 rings (SSSR count). The Morgan fingerprint density at radius 3 is 0.803 bits per heavy atom. The first-order valence-electron chi connectivity index (χ1n) is 46.6. The standard InChI is InChI=1S/C26H40ClN5O.C25H38ClN5O.C24H36ClN5O2.C23H34ClN5O2.4CH4/c1-6-7-8-13-30-32-21(22(28)29-16-18-9-10-20(27)17(2)14-18)23(33)31-24-25(3,4)19-11-12-26(24,5)15-19;1-5-6-7-14-29-31-20(21(27)28-16-17-8-10-19(26)11-9-17)22(32)30-23-24(2,3)18-12-13-25(23,4)15-18;1-15-12-16(6-7-18(15)25)14-27-20(26)19(30-28-10-5-11-31)21(32)29-22-23(2,3)17-8-9-24(22,4)13-17;1-22(2)16-9-10-23(3,13-16)21(22)28-20(31)18(29-27-11-4-12-30)19(25)26-14-15-5-7-17(24)8-6-15;;;;/h9-10,14,19,21,24H,6-8,11-13,15-16H2,1-5H3,(H2,28,29)(H,31,33);8-11,18,20,23H,5-7,12-16H2,1-4H3,(H2,27,28)(H,30,32);6-7,12,17,19,22,31H,5,8-11,13-14H2,1-4H3,(H2,26,27)(H,29,32);5-8,16,18,21,30H,4,9-14H2,1-3H3,(H2,25,26)(H,28,31);4*1H4. The summed E-state index contributed by atoms with van der Waals surface area (Å²) in [6.07, 6.45) is 21.3. The molecule has 30 heteroatoms. The van der Waals surface area contributed by atoms with Gasteiger partial charge in [0.25, 0.3) is 23.6 Å². The van der Waals surface area contributed by atoms with Crippen molar-refractivity contribution in [2.75, 3.05) is 39.4 Å². The lowest BCUT2D eigenvalue weighted by molar-refractivity contribution is -0.124. The fourth-order valence-electron chi connectivity index (χ4n) is 22.1. The molecule has 16 unspecified atom stereocenters. The molecule has 0 spiro atoms. The van der Waals surface area contributed by atoms with Crippen LogP contribution in [-0.2, 0) is 45.4 Å². The average Bonchev–Trinajstić information content (AvgIpc) is 1.59. The van der Waals surface area contributed by atoms with Crippen molar-refractivity contribution in [3.63, 3.8) is 0 Å². The molecule has 0 aliphatic heterocycles. The fourth-order valence-corrected chi connectivity index (χ4v) is 22.6. The van der Waals surface area contributed by atoms with Crippen molar-refractivity contribution in [3.05, 3.63) is 138 Å². The third-order valence-corrected chi connectivity index (χ3v) is 31.1. The molecule has 8 aliphatic rings. The van der Waals surface area contributed by atoms with Gasteiger partial charge in [0.1, 0.15) is 23.3 Å². The Morgan fingerprint density at radius 1 is 0.364 bits per heavy atom. The molecule has 8 aliphatic carbocycles. The van der Waals surface area contributed by atoms with Crippen LogP contribution in [0.2, 0.25) is 20.1 Å². The zero-order chi connectivity index (χ0) is 93.7. The van der Waals surface area contributed by atoms with Gasteiger partial charge in [-0.2, -0.15) is 40.9 Å². The van der Waals surface area contributed by atoms with Crippen molar-refractivity contribution in [1.29, 1.82) is 0 Å². The number of nitrogens with two attached hydrogens (primary N) is 4. The predicted molar refractivity (Wildman–Crippen MR) is 545 cm³/mol. The topological polar surface area (TPSA) is 409 Å². The zero-order valence-corrected chi connectivity index (χ0v) is 82.0. The van der Waals surface area contributed by atoms with E-state index >= 15 is 0 Å². The van der Waals surface area contributed by atoms with Gasteiger partial charge in [-0.3, -0.25) is 39.1 Å². The maximum atomic E-state index is 13.4. The fraction of sp³-hybridized carbons (Fsp3) is 0.686. The van der Waals surface area contributed by atoms with Gasteiger partial charge >= 0.3 is 0 Å². The molecule has 132 heavy (non-hydrogen) atoms. The molecule has 8 bridgehead atoms. The van der Waals surface area contributed by atoms with Crippen LogP contribution in [-0.4, -0.2) is 145 Å². The van der Waals surface area contributed by atoms with Gasteiger partial charge in [0.05, 0.1) is 52.4 Å². The Balaban J connectivity index is 0.000000308. The number of carbonyl (C=O) groups is 4. The number of aryl methyl sites for hydroxylation is 2. The first kappa shape index (κ1) is 115. The molecular weight excluding hydrogens is 1740 g/mol. The molecule has 736 valence electrons. The number of unbranched alkanes of at least 4 members (excludes halogenated alkanes) is 4. The van der Waals surface area contributed by atoms with Gasteiger partial charge < -0.3 is 54.4 Å². The number of aliphatic imine (C=N–C) groups is 4. The SMILES string of the molecule is C.C.C.C.CC12CCC(C1)C(C)(C)C2NC(=O)C(N=NCCCO)C(N)=NCc1ccc(Cl)cc1.CCCCCN=NC(C(=O)NC1C2(C)CCC(C2)C1(C)C)C(N)=NCc1ccc(Cl)c(C)c1.CCCCCN=NC(C(=O)NC1C2(C)CCC(C2)C1(C)C)C(N)=NCc1ccc(Cl)cc1.Cc1cc(CN=C(N)C(N=NCCCO)C(=O)NC2C3(C)CCC(C3)C2(C)C)ccc1Cl. The van der Waals surface area contributed by atoms with Gasteiger partial charge in [0.15, 0.2) is 0 Å². The van der Waals surface area contributed by atoms with Crippen LogP contribution in [0.15, 0.2) is 146 Å². The van der Waals surface area contributed by atoms with E-state index in [-0.39, 0.29) is 157 Å². The van der Waals surface area contributed by atoms with E-state index in [0.29, 0.717) is 104 Å². The number of amidine groups is 4. The second kappa shape index (κ2) is 50.8. The number of aliphatic hydroxyl groups is 2. The van der Waals surface area contributed by atoms with Crippen LogP contribution in [0.5, 0.6) is 0 Å². The second-order valence-electron chi connectivity index (χ2n) is 40.9. The molecule has 4 aromatic rings. The lowest BCUT2D eigenvalue weighted by atomic mass is 9.68. The van der Waals surface area contributed by atoms with Crippen LogP contribution < -0.4 is 44.2 Å². The van der Waals surface area contributed by atoms with Crippen molar-refractivity contribution < 1.29 is 29.4 Å². The average molecular weight is 1910 g/mol. The number of nitrogens with one attached hydrogen (secondary N) is 4. The van der Waals surface area contributed by atoms with Crippen LogP contribution in [0.4, 0.5) is 0 Å². The Morgan fingerprint density at radius 2 is 0.591 bits per heavy atom. The van der Waals surface area contributed by atoms with Crippen molar-refractivity contribution >= 4 is 93.4 Å². The third-order valence-electron chi connectivity index (χ3n) is 29.7. The first-order valence-corrected chi connectivity index (χ1v) is 48.1. The maximum absolute atomic E-state index is 13.4. The van der Waals surface area contributed by atoms with E-state index in [1.165, 1.54) is 25.7 Å². The molecule has 8 fully saturated rings. The number of nitrogens with zero attached hydrogens (tertiary/aromatic N) is 12. The summed E-state index contributed by atoms with van der Waals surface area (Å²) < 4.78 is 0. The molecule has 26 nitrogen and oxygen atoms in total. The summed E-state index contributed by atoms with van der Waals surface area (Å²) in [7, 11) is 0. The third kappa shape index (κ3) is 29.1. The number of hydrogen-bond acceptors (Lipinski definition) is 18. The molecule has 4 amide bonds. The van der Waals surface area contributed by atoms with E-state index in [1.807, 2.05) is 86.6 Å². The highest BCUT2D eigenvalue weighted by Crippen LogP contribution is 2.66. The van der Waals surface area contributed by atoms with Gasteiger partial charge in [0, 0.05) is 57.5 Å². The smallest absolute Gasteiger partial charge is 0.254 e. The normalized spacial score (nSPS) is 26.9. The Hall–Kier alpha value is -7.88. The zero-order valence-electron chi connectivity index (χ0n) is 78.9. The molecular formula is C102H164Cl4N20O6. The van der Waals surface area contributed by atoms with Crippen LogP contribution in [0.3, 0.4) is 0 Å². The van der Waals surface area contributed by atoms with Gasteiger partial charge in [-0.25, -0.2) is 0 Å². The lowest BCUT2D eigenvalue weighted by Crippen LogP contribution is -2.56. The van der Waals surface area contributed by atoms with E-state index in [1.54, 1.807) is 12.1 Å². The minimum atomic E-state index is -0.986. The molecule has 0 radical (unpaired) electrons. The number of azo groups is 4. The minimum Gasteiger partial charge on any atom is -0.396 e. The molecule has 14 N–H and O–H groups in total. The summed E-state index contributed by atoms with van der Waals surface area (Å²) in [5.41, 5.74) is 31.5. The highest BCUT2D eigenvalue weighted by molar-refractivity contribution is 6.32. The van der Waals surface area contributed by atoms with E-state index < -0.39 is 24.2 Å². The number of benzene rings is 4. The first-order chi connectivity index (χ1) is 60.5. The van der Waals surface area contributed by atoms with Crippen LogP contribution in [0, 0.1) is 80.8 Å². The summed E-state index contributed by atoms with van der Waals surface area (Å²) in [6, 6.07) is 22.7. The van der Waals surface area contributed by atoms with Crippen molar-refractivity contribution in [2.24, 2.45) is 151 Å². The Kier molecular flexibility index (Phi) is 44.1. The predicted octanol–water partition coefficient (Wildman–Crippen LogP) is 21.7. The highest BCUT2D eigenvalue weighted by atomic mass is 35.5. The van der Waals surface area contributed by atoms with E-state index in [4.69, 9.17) is 79.6 Å². The molecule has 0 aromatic heterocycles. The van der Waals surface area contributed by atoms with E-state index in [2.05, 4.69) is 179 Å². The van der Waals surface area contributed by atoms with E-state index in [0.717, 1.165) is 128 Å². The van der Waals surface area contributed by atoms with Gasteiger partial charge in [0.2, 0.25) is 24.2 Å². The Labute approximate surface area is 810 Å². The largest absolute Gasteiger partial charge is 0.396 e. The number of hydrogen-bond donors (Lipinski definition) is 10. The number of fused-ring (bicyclic) bond motifs is 8. The van der Waals surface area contributed by atoms with Crippen LogP contribution in [0.25, 0.3) is 0 Å². The number of halogens is 4. The molecule has 4 aromatic carbocycles. The summed E-state index contributed by atoms with van der Waals surface area (Å²) in [4.78, 5) is 71.3. The summed E-state index contributed by atoms with van der Waals surface area (Å²) >= 11 is 24.1. The molecule has 16 atom stereocenters. The summed E-state index contributed by atoms with van der Waals surface area (Å²) in [6.45, 7) is 38.6. The number of aliphatic hydroxyl groups excluding tert-OH is 2.